The monoisotopic (exact) mass is 388 g/mol. The molecule has 124 valence electrons. The largest absolute Gasteiger partial charge is 0.379 e. The Morgan fingerprint density at radius 1 is 0.958 bits per heavy atom. The molecule has 2 amide bonds. The smallest absolute Gasteiger partial charge is 0.261 e. The Balaban J connectivity index is 1.66. The van der Waals surface area contributed by atoms with E-state index in [1.54, 1.807) is 12.1 Å². The van der Waals surface area contributed by atoms with Crippen LogP contribution in [0, 0.1) is 0 Å². The van der Waals surface area contributed by atoms with Crippen molar-refractivity contribution >= 4 is 38.5 Å². The van der Waals surface area contributed by atoms with Crippen molar-refractivity contribution in [2.24, 2.45) is 0 Å². The minimum Gasteiger partial charge on any atom is -0.379 e. The molecular formula is C18H17BrN2O3. The predicted molar refractivity (Wildman–Crippen MR) is 94.3 cm³/mol. The summed E-state index contributed by atoms with van der Waals surface area (Å²) in [5.74, 6) is -0.408. The van der Waals surface area contributed by atoms with Gasteiger partial charge in [-0.05, 0) is 23.6 Å². The number of rotatable bonds is 3. The number of morpholine rings is 1. The number of carbonyl (C=O) groups excluding carboxylic acids is 2. The molecule has 0 N–H and O–H groups in total. The van der Waals surface area contributed by atoms with E-state index < -0.39 is 0 Å². The molecule has 6 heteroatoms. The summed E-state index contributed by atoms with van der Waals surface area (Å²) >= 11 is 3.50. The zero-order valence-electron chi connectivity index (χ0n) is 13.1. The first-order chi connectivity index (χ1) is 11.7. The average Bonchev–Trinajstić information content (AvgIpc) is 2.61. The highest BCUT2D eigenvalue weighted by atomic mass is 79.9. The van der Waals surface area contributed by atoms with Crippen LogP contribution in [0.5, 0.6) is 0 Å². The summed E-state index contributed by atoms with van der Waals surface area (Å²) in [5, 5.41) is 1.66. The van der Waals surface area contributed by atoms with Crippen LogP contribution in [0.25, 0.3) is 10.8 Å². The molecule has 0 spiro atoms. The Hall–Kier alpha value is -1.76. The maximum atomic E-state index is 12.8. The summed E-state index contributed by atoms with van der Waals surface area (Å²) in [6.45, 7) is 4.19. The standard InChI is InChI=1S/C18H17BrN2O3/c19-15-5-4-14-16-12(15)2-1-3-13(16)17(22)21(18(14)23)7-6-20-8-10-24-11-9-20/h1-5H,6-11H2. The number of nitrogens with zero attached hydrogens (tertiary/aromatic N) is 2. The van der Waals surface area contributed by atoms with E-state index in [4.69, 9.17) is 4.74 Å². The van der Waals surface area contributed by atoms with Crippen LogP contribution in [0.4, 0.5) is 0 Å². The zero-order valence-corrected chi connectivity index (χ0v) is 14.7. The van der Waals surface area contributed by atoms with Crippen molar-refractivity contribution in [3.05, 3.63) is 45.9 Å². The molecule has 2 aliphatic rings. The normalized spacial score (nSPS) is 18.5. The third-order valence-electron chi connectivity index (χ3n) is 4.68. The van der Waals surface area contributed by atoms with Crippen LogP contribution in [0.2, 0.25) is 0 Å². The van der Waals surface area contributed by atoms with Crippen molar-refractivity contribution < 1.29 is 14.3 Å². The summed E-state index contributed by atoms with van der Waals surface area (Å²) < 4.78 is 6.23. The van der Waals surface area contributed by atoms with Crippen LogP contribution in [-0.4, -0.2) is 61.0 Å². The van der Waals surface area contributed by atoms with Gasteiger partial charge >= 0.3 is 0 Å². The summed E-state index contributed by atoms with van der Waals surface area (Å²) in [7, 11) is 0. The molecule has 2 heterocycles. The van der Waals surface area contributed by atoms with E-state index >= 15 is 0 Å². The minimum atomic E-state index is -0.204. The van der Waals surface area contributed by atoms with Gasteiger partial charge in [0, 0.05) is 47.2 Å². The predicted octanol–water partition coefficient (Wildman–Crippen LogP) is 2.53. The van der Waals surface area contributed by atoms with Gasteiger partial charge in [-0.3, -0.25) is 19.4 Å². The summed E-state index contributed by atoms with van der Waals surface area (Å²) in [4.78, 5) is 29.3. The Morgan fingerprint density at radius 2 is 1.67 bits per heavy atom. The SMILES string of the molecule is O=C1c2cccc3c(Br)ccc(c23)C(=O)N1CCN1CCOCC1. The first-order valence-electron chi connectivity index (χ1n) is 8.04. The van der Waals surface area contributed by atoms with E-state index in [1.165, 1.54) is 4.90 Å². The molecule has 0 radical (unpaired) electrons. The van der Waals surface area contributed by atoms with E-state index in [0.717, 1.165) is 28.3 Å². The van der Waals surface area contributed by atoms with Gasteiger partial charge in [0.25, 0.3) is 11.8 Å². The Kier molecular flexibility index (Phi) is 4.12. The lowest BCUT2D eigenvalue weighted by molar-refractivity contribution is 0.0316. The molecule has 0 bridgehead atoms. The Morgan fingerprint density at radius 3 is 2.42 bits per heavy atom. The molecule has 1 saturated heterocycles. The van der Waals surface area contributed by atoms with E-state index in [2.05, 4.69) is 20.8 Å². The van der Waals surface area contributed by atoms with Crippen LogP contribution >= 0.6 is 15.9 Å². The van der Waals surface area contributed by atoms with Crippen LogP contribution in [0.1, 0.15) is 20.7 Å². The van der Waals surface area contributed by atoms with Gasteiger partial charge in [-0.25, -0.2) is 0 Å². The second-order valence-corrected chi connectivity index (χ2v) is 6.89. The average molecular weight is 389 g/mol. The van der Waals surface area contributed by atoms with E-state index in [-0.39, 0.29) is 11.8 Å². The lowest BCUT2D eigenvalue weighted by Gasteiger charge is -2.31. The first kappa shape index (κ1) is 15.7. The number of hydrogen-bond donors (Lipinski definition) is 0. The molecule has 4 rings (SSSR count). The minimum absolute atomic E-state index is 0.204. The van der Waals surface area contributed by atoms with Gasteiger partial charge in [-0.2, -0.15) is 0 Å². The van der Waals surface area contributed by atoms with Crippen molar-refractivity contribution in [1.82, 2.24) is 9.80 Å². The lowest BCUT2D eigenvalue weighted by atomic mass is 9.94. The molecule has 0 aliphatic carbocycles. The highest BCUT2D eigenvalue weighted by Crippen LogP contribution is 2.34. The number of amides is 2. The molecule has 2 aromatic carbocycles. The molecule has 5 nitrogen and oxygen atoms in total. The van der Waals surface area contributed by atoms with Crippen LogP contribution < -0.4 is 0 Å². The fourth-order valence-corrected chi connectivity index (χ4v) is 3.84. The molecule has 0 atom stereocenters. The zero-order chi connectivity index (χ0) is 16.7. The quantitative estimate of drug-likeness (QED) is 0.758. The topological polar surface area (TPSA) is 49.9 Å². The number of benzene rings is 2. The first-order valence-corrected chi connectivity index (χ1v) is 8.83. The Labute approximate surface area is 148 Å². The third-order valence-corrected chi connectivity index (χ3v) is 5.37. The van der Waals surface area contributed by atoms with Crippen molar-refractivity contribution in [1.29, 1.82) is 0 Å². The number of halogens is 1. The maximum Gasteiger partial charge on any atom is 0.261 e. The third kappa shape index (κ3) is 2.55. The van der Waals surface area contributed by atoms with E-state index in [0.29, 0.717) is 37.4 Å². The van der Waals surface area contributed by atoms with Crippen LogP contribution in [0.3, 0.4) is 0 Å². The molecular weight excluding hydrogens is 372 g/mol. The van der Waals surface area contributed by atoms with Gasteiger partial charge in [0.15, 0.2) is 0 Å². The highest BCUT2D eigenvalue weighted by Gasteiger charge is 2.33. The fourth-order valence-electron chi connectivity index (χ4n) is 3.38. The second-order valence-electron chi connectivity index (χ2n) is 6.04. The summed E-state index contributed by atoms with van der Waals surface area (Å²) in [5.41, 5.74) is 1.20. The van der Waals surface area contributed by atoms with E-state index in [9.17, 15) is 9.59 Å². The summed E-state index contributed by atoms with van der Waals surface area (Å²) in [6, 6.07) is 9.26. The number of ether oxygens (including phenoxy) is 1. The van der Waals surface area contributed by atoms with Gasteiger partial charge in [0.1, 0.15) is 0 Å². The van der Waals surface area contributed by atoms with Crippen molar-refractivity contribution in [3.8, 4) is 0 Å². The number of imide groups is 1. The lowest BCUT2D eigenvalue weighted by Crippen LogP contribution is -2.46. The van der Waals surface area contributed by atoms with Crippen molar-refractivity contribution in [2.75, 3.05) is 39.4 Å². The fraction of sp³-hybridized carbons (Fsp3) is 0.333. The van der Waals surface area contributed by atoms with Crippen LogP contribution in [0.15, 0.2) is 34.8 Å². The van der Waals surface area contributed by atoms with Crippen LogP contribution in [-0.2, 0) is 4.74 Å². The van der Waals surface area contributed by atoms with Gasteiger partial charge in [-0.1, -0.05) is 28.1 Å². The highest BCUT2D eigenvalue weighted by molar-refractivity contribution is 9.10. The molecule has 2 aromatic rings. The molecule has 0 saturated carbocycles. The molecule has 2 aliphatic heterocycles. The van der Waals surface area contributed by atoms with Crippen molar-refractivity contribution in [2.45, 2.75) is 0 Å². The van der Waals surface area contributed by atoms with Crippen molar-refractivity contribution in [3.63, 3.8) is 0 Å². The Bertz CT molecular complexity index is 808. The second kappa shape index (κ2) is 6.27. The van der Waals surface area contributed by atoms with Gasteiger partial charge < -0.3 is 4.74 Å². The molecule has 24 heavy (non-hydrogen) atoms. The van der Waals surface area contributed by atoms with Gasteiger partial charge in [0.05, 0.1) is 13.2 Å². The number of carbonyl (C=O) groups is 2. The van der Waals surface area contributed by atoms with Gasteiger partial charge in [0.2, 0.25) is 0 Å². The molecule has 1 fully saturated rings. The molecule has 0 unspecified atom stereocenters. The summed E-state index contributed by atoms with van der Waals surface area (Å²) in [6.07, 6.45) is 0. The number of hydrogen-bond acceptors (Lipinski definition) is 4. The maximum absolute atomic E-state index is 12.8. The molecule has 0 aromatic heterocycles. The van der Waals surface area contributed by atoms with Gasteiger partial charge in [-0.15, -0.1) is 0 Å². The van der Waals surface area contributed by atoms with E-state index in [1.807, 2.05) is 18.2 Å².